The molecule has 1 atom stereocenters. The number of H-pyrrole nitrogens is 1. The molecule has 1 aromatic heterocycles. The van der Waals surface area contributed by atoms with E-state index in [0.717, 1.165) is 22.0 Å². The Labute approximate surface area is 168 Å². The van der Waals surface area contributed by atoms with Crippen LogP contribution >= 0.6 is 23.4 Å². The lowest BCUT2D eigenvalue weighted by atomic mass is 10.0. The standard InChI is InChI=1S/C19H24ClN3O3S/c1-11-21-9-17(22-11)27-10-13-12-5-7-15(18(24)25-19(2,3)4)23-26-16(12)8-6-14(13)20/h6,8-9,15,23H,5,7,10H2,1-4H3,(H,21,22). The fourth-order valence-electron chi connectivity index (χ4n) is 2.81. The van der Waals surface area contributed by atoms with E-state index in [-0.39, 0.29) is 5.97 Å². The molecule has 0 bridgehead atoms. The number of thioether (sulfide) groups is 1. The average Bonchev–Trinajstić information content (AvgIpc) is 2.86. The van der Waals surface area contributed by atoms with Crippen molar-refractivity contribution < 1.29 is 14.4 Å². The minimum atomic E-state index is -0.536. The van der Waals surface area contributed by atoms with E-state index in [1.54, 1.807) is 11.8 Å². The summed E-state index contributed by atoms with van der Waals surface area (Å²) in [6.45, 7) is 7.47. The molecule has 2 aromatic rings. The Balaban J connectivity index is 1.74. The van der Waals surface area contributed by atoms with Crippen LogP contribution in [0.3, 0.4) is 0 Å². The molecule has 2 N–H and O–H groups in total. The van der Waals surface area contributed by atoms with E-state index < -0.39 is 11.6 Å². The number of rotatable bonds is 4. The van der Waals surface area contributed by atoms with Gasteiger partial charge in [0, 0.05) is 16.3 Å². The second-order valence-electron chi connectivity index (χ2n) is 7.47. The number of halogens is 1. The third-order valence-corrected chi connectivity index (χ3v) is 5.37. The number of benzene rings is 1. The van der Waals surface area contributed by atoms with Crippen molar-refractivity contribution in [3.05, 3.63) is 40.3 Å². The summed E-state index contributed by atoms with van der Waals surface area (Å²) in [5, 5.41) is 1.68. The summed E-state index contributed by atoms with van der Waals surface area (Å²) < 4.78 is 5.47. The maximum atomic E-state index is 12.4. The van der Waals surface area contributed by atoms with Gasteiger partial charge >= 0.3 is 5.97 Å². The van der Waals surface area contributed by atoms with Crippen LogP contribution in [-0.4, -0.2) is 27.6 Å². The third-order valence-electron chi connectivity index (χ3n) is 4.07. The van der Waals surface area contributed by atoms with E-state index >= 15 is 0 Å². The van der Waals surface area contributed by atoms with E-state index in [9.17, 15) is 4.79 Å². The first-order valence-electron chi connectivity index (χ1n) is 8.83. The second kappa shape index (κ2) is 8.12. The number of hydroxylamine groups is 1. The normalized spacial score (nSPS) is 17.0. The number of ether oxygens (including phenoxy) is 1. The first-order chi connectivity index (χ1) is 12.7. The van der Waals surface area contributed by atoms with Crippen LogP contribution in [0.2, 0.25) is 5.02 Å². The first kappa shape index (κ1) is 20.0. The second-order valence-corrected chi connectivity index (χ2v) is 8.89. The highest BCUT2D eigenvalue weighted by atomic mass is 35.5. The van der Waals surface area contributed by atoms with E-state index in [2.05, 4.69) is 15.4 Å². The van der Waals surface area contributed by atoms with Crippen LogP contribution < -0.4 is 10.3 Å². The van der Waals surface area contributed by atoms with Gasteiger partial charge < -0.3 is 14.6 Å². The van der Waals surface area contributed by atoms with E-state index in [1.807, 2.05) is 46.0 Å². The predicted molar refractivity (Wildman–Crippen MR) is 106 cm³/mol. The monoisotopic (exact) mass is 409 g/mol. The zero-order valence-corrected chi connectivity index (χ0v) is 17.5. The van der Waals surface area contributed by atoms with Crippen LogP contribution in [0.25, 0.3) is 0 Å². The molecule has 1 aliphatic heterocycles. The Bertz CT molecular complexity index is 832. The number of nitrogens with one attached hydrogen (secondary N) is 2. The number of esters is 1. The highest BCUT2D eigenvalue weighted by Gasteiger charge is 2.29. The SMILES string of the molecule is Cc1ncc(SCc2c(Cl)ccc3c2CCC(C(=O)OC(C)(C)C)NO3)[nH]1. The van der Waals surface area contributed by atoms with Crippen molar-refractivity contribution in [2.24, 2.45) is 0 Å². The van der Waals surface area contributed by atoms with Crippen LogP contribution in [0.5, 0.6) is 5.75 Å². The maximum Gasteiger partial charge on any atom is 0.327 e. The molecule has 6 nitrogen and oxygen atoms in total. The quantitative estimate of drug-likeness (QED) is 0.582. The zero-order valence-electron chi connectivity index (χ0n) is 15.9. The number of fused-ring (bicyclic) bond motifs is 1. The molecule has 0 amide bonds. The average molecular weight is 410 g/mol. The summed E-state index contributed by atoms with van der Waals surface area (Å²) in [6.07, 6.45) is 3.06. The topological polar surface area (TPSA) is 76.2 Å². The number of carbonyl (C=O) groups is 1. The molecule has 0 saturated carbocycles. The molecular formula is C19H24ClN3O3S. The van der Waals surface area contributed by atoms with Gasteiger partial charge in [0.25, 0.3) is 0 Å². The number of imidazole rings is 1. The van der Waals surface area contributed by atoms with Crippen molar-refractivity contribution in [1.82, 2.24) is 15.4 Å². The van der Waals surface area contributed by atoms with Gasteiger partial charge in [-0.25, -0.2) is 4.98 Å². The van der Waals surface area contributed by atoms with Crippen LogP contribution in [0.1, 0.15) is 44.1 Å². The van der Waals surface area contributed by atoms with E-state index in [0.29, 0.717) is 29.4 Å². The van der Waals surface area contributed by atoms with Crippen molar-refractivity contribution in [1.29, 1.82) is 0 Å². The molecule has 27 heavy (non-hydrogen) atoms. The third kappa shape index (κ3) is 5.18. The van der Waals surface area contributed by atoms with Crippen molar-refractivity contribution >= 4 is 29.3 Å². The summed E-state index contributed by atoms with van der Waals surface area (Å²) in [7, 11) is 0. The summed E-state index contributed by atoms with van der Waals surface area (Å²) >= 11 is 8.10. The molecule has 0 radical (unpaired) electrons. The van der Waals surface area contributed by atoms with Crippen molar-refractivity contribution in [3.63, 3.8) is 0 Å². The number of hydrogen-bond donors (Lipinski definition) is 2. The largest absolute Gasteiger partial charge is 0.459 e. The van der Waals surface area contributed by atoms with Gasteiger partial charge in [-0.1, -0.05) is 11.6 Å². The number of aryl methyl sites for hydroxylation is 1. The maximum absolute atomic E-state index is 12.4. The number of nitrogens with zero attached hydrogens (tertiary/aromatic N) is 1. The molecule has 1 unspecified atom stereocenters. The molecule has 0 fully saturated rings. The van der Waals surface area contributed by atoms with Gasteiger partial charge in [-0.2, -0.15) is 0 Å². The number of hydrogen-bond acceptors (Lipinski definition) is 6. The van der Waals surface area contributed by atoms with Crippen LogP contribution in [0.4, 0.5) is 0 Å². The molecule has 1 aliphatic rings. The Morgan fingerprint density at radius 1 is 1.44 bits per heavy atom. The number of carbonyl (C=O) groups excluding carboxylic acids is 1. The van der Waals surface area contributed by atoms with Gasteiger partial charge in [-0.15, -0.1) is 17.2 Å². The Hall–Kier alpha value is -1.70. The summed E-state index contributed by atoms with van der Waals surface area (Å²) in [5.74, 6) is 1.94. The molecule has 3 rings (SSSR count). The van der Waals surface area contributed by atoms with Crippen molar-refractivity contribution in [3.8, 4) is 5.75 Å². The number of aromatic nitrogens is 2. The zero-order chi connectivity index (χ0) is 19.6. The highest BCUT2D eigenvalue weighted by Crippen LogP contribution is 2.35. The molecule has 0 spiro atoms. The summed E-state index contributed by atoms with van der Waals surface area (Å²) in [5.41, 5.74) is 4.34. The van der Waals surface area contributed by atoms with Crippen molar-refractivity contribution in [2.45, 2.75) is 63.0 Å². The van der Waals surface area contributed by atoms with E-state index in [1.165, 1.54) is 0 Å². The smallest absolute Gasteiger partial charge is 0.327 e. The van der Waals surface area contributed by atoms with Crippen molar-refractivity contribution in [2.75, 3.05) is 0 Å². The predicted octanol–water partition coefficient (Wildman–Crippen LogP) is 4.20. The lowest BCUT2D eigenvalue weighted by Crippen LogP contribution is -2.42. The minimum absolute atomic E-state index is 0.315. The lowest BCUT2D eigenvalue weighted by Gasteiger charge is -2.23. The Morgan fingerprint density at radius 2 is 2.22 bits per heavy atom. The summed E-state index contributed by atoms with van der Waals surface area (Å²) in [4.78, 5) is 25.5. The van der Waals surface area contributed by atoms with Gasteiger partial charge in [0.05, 0.1) is 11.2 Å². The van der Waals surface area contributed by atoms with E-state index in [4.69, 9.17) is 21.2 Å². The molecule has 0 saturated heterocycles. The molecule has 8 heteroatoms. The fourth-order valence-corrected chi connectivity index (χ4v) is 4.11. The molecule has 0 aliphatic carbocycles. The lowest BCUT2D eigenvalue weighted by molar-refractivity contribution is -0.159. The van der Waals surface area contributed by atoms with Gasteiger partial charge in [-0.05, 0) is 58.2 Å². The molecular weight excluding hydrogens is 386 g/mol. The van der Waals surface area contributed by atoms with Crippen LogP contribution in [-0.2, 0) is 21.7 Å². The minimum Gasteiger partial charge on any atom is -0.459 e. The van der Waals surface area contributed by atoms with Crippen LogP contribution in [0.15, 0.2) is 23.4 Å². The van der Waals surface area contributed by atoms with Crippen LogP contribution in [0, 0.1) is 6.92 Å². The van der Waals surface area contributed by atoms with Gasteiger partial charge in [0.1, 0.15) is 17.5 Å². The van der Waals surface area contributed by atoms with Gasteiger partial charge in [-0.3, -0.25) is 4.79 Å². The summed E-state index contributed by atoms with van der Waals surface area (Å²) in [6, 6.07) is 3.13. The van der Waals surface area contributed by atoms with Gasteiger partial charge in [0.15, 0.2) is 5.75 Å². The van der Waals surface area contributed by atoms with Gasteiger partial charge in [0.2, 0.25) is 0 Å². The molecule has 1 aromatic carbocycles. The molecule has 146 valence electrons. The fraction of sp³-hybridized carbons (Fsp3) is 0.474. The molecule has 2 heterocycles. The first-order valence-corrected chi connectivity index (χ1v) is 10.2. The Kier molecular flexibility index (Phi) is 6.03. The highest BCUT2D eigenvalue weighted by molar-refractivity contribution is 7.98. The Morgan fingerprint density at radius 3 is 2.89 bits per heavy atom. The number of aromatic amines is 1.